The maximum Gasteiger partial charge on any atom is 0.266 e. The Kier molecular flexibility index (Phi) is 3.82. The molecule has 2 N–H and O–H groups in total. The highest BCUT2D eigenvalue weighted by Crippen LogP contribution is 2.31. The third-order valence-corrected chi connectivity index (χ3v) is 4.05. The van der Waals surface area contributed by atoms with Crippen molar-refractivity contribution in [1.82, 2.24) is 5.32 Å². The van der Waals surface area contributed by atoms with Crippen LogP contribution in [0.4, 0.5) is 5.69 Å². The first-order valence-corrected chi connectivity index (χ1v) is 7.49. The predicted molar refractivity (Wildman–Crippen MR) is 79.2 cm³/mol. The van der Waals surface area contributed by atoms with E-state index in [0.29, 0.717) is 11.4 Å². The van der Waals surface area contributed by atoms with Gasteiger partial charge in [0.25, 0.3) is 5.91 Å². The number of carbonyl (C=O) groups is 2. The molecule has 3 rings (SSSR count). The Bertz CT molecular complexity index is 565. The summed E-state index contributed by atoms with van der Waals surface area (Å²) in [4.78, 5) is 24.0. The summed E-state index contributed by atoms with van der Waals surface area (Å²) in [6.45, 7) is 1.95. The maximum absolute atomic E-state index is 12.0. The van der Waals surface area contributed by atoms with Crippen molar-refractivity contribution in [3.63, 3.8) is 0 Å². The molecule has 2 amide bonds. The number of aryl methyl sites for hydroxylation is 1. The second kappa shape index (κ2) is 5.76. The molecule has 21 heavy (non-hydrogen) atoms. The zero-order valence-electron chi connectivity index (χ0n) is 12.1. The minimum Gasteiger partial charge on any atom is -0.478 e. The Hall–Kier alpha value is -2.04. The van der Waals surface area contributed by atoms with Crippen LogP contribution in [0.2, 0.25) is 0 Å². The predicted octanol–water partition coefficient (Wildman–Crippen LogP) is 2.14. The smallest absolute Gasteiger partial charge is 0.266 e. The minimum absolute atomic E-state index is 0.0651. The number of ether oxygens (including phenoxy) is 1. The van der Waals surface area contributed by atoms with Crippen LogP contribution in [0.15, 0.2) is 18.2 Å². The minimum atomic E-state index is -0.749. The topological polar surface area (TPSA) is 67.4 Å². The second-order valence-electron chi connectivity index (χ2n) is 5.85. The lowest BCUT2D eigenvalue weighted by Gasteiger charge is -2.26. The van der Waals surface area contributed by atoms with Crippen LogP contribution in [0.3, 0.4) is 0 Å². The highest BCUT2D eigenvalue weighted by Gasteiger charge is 2.30. The van der Waals surface area contributed by atoms with E-state index in [-0.39, 0.29) is 24.3 Å². The van der Waals surface area contributed by atoms with Crippen LogP contribution >= 0.6 is 0 Å². The van der Waals surface area contributed by atoms with Crippen LogP contribution in [0, 0.1) is 6.92 Å². The summed E-state index contributed by atoms with van der Waals surface area (Å²) < 4.78 is 5.66. The van der Waals surface area contributed by atoms with Gasteiger partial charge < -0.3 is 15.4 Å². The largest absolute Gasteiger partial charge is 0.478 e. The SMILES string of the molecule is Cc1ccc2c(c1)NC(=O)[C@@H](CC(=O)NC1CCCC1)O2. The molecule has 1 fully saturated rings. The van der Waals surface area contributed by atoms with Gasteiger partial charge in [-0.3, -0.25) is 9.59 Å². The van der Waals surface area contributed by atoms with Crippen molar-refractivity contribution in [2.75, 3.05) is 5.32 Å². The van der Waals surface area contributed by atoms with Gasteiger partial charge in [0, 0.05) is 6.04 Å². The van der Waals surface area contributed by atoms with E-state index in [1.807, 2.05) is 25.1 Å². The third-order valence-electron chi connectivity index (χ3n) is 4.05. The summed E-state index contributed by atoms with van der Waals surface area (Å²) in [5, 5.41) is 5.79. The Morgan fingerprint density at radius 2 is 2.14 bits per heavy atom. The first-order valence-electron chi connectivity index (χ1n) is 7.49. The van der Waals surface area contributed by atoms with Crippen molar-refractivity contribution in [1.29, 1.82) is 0 Å². The summed E-state index contributed by atoms with van der Waals surface area (Å²) in [5.74, 6) is 0.256. The van der Waals surface area contributed by atoms with Gasteiger partial charge in [-0.2, -0.15) is 0 Å². The van der Waals surface area contributed by atoms with Crippen LogP contribution in [0.1, 0.15) is 37.7 Å². The molecule has 0 bridgehead atoms. The lowest BCUT2D eigenvalue weighted by molar-refractivity contribution is -0.130. The normalized spacial score (nSPS) is 21.4. The van der Waals surface area contributed by atoms with E-state index in [4.69, 9.17) is 4.74 Å². The summed E-state index contributed by atoms with van der Waals surface area (Å²) in [5.41, 5.74) is 1.72. The van der Waals surface area contributed by atoms with Crippen LogP contribution in [0.5, 0.6) is 5.75 Å². The van der Waals surface area contributed by atoms with E-state index in [2.05, 4.69) is 10.6 Å². The molecular formula is C16H20N2O3. The first kappa shape index (κ1) is 13.9. The average Bonchev–Trinajstić information content (AvgIpc) is 2.92. The Labute approximate surface area is 124 Å². The maximum atomic E-state index is 12.0. The summed E-state index contributed by atoms with van der Waals surface area (Å²) >= 11 is 0. The van der Waals surface area contributed by atoms with Gasteiger partial charge in [-0.15, -0.1) is 0 Å². The van der Waals surface area contributed by atoms with Crippen LogP contribution in [-0.4, -0.2) is 24.0 Å². The van der Waals surface area contributed by atoms with Gasteiger partial charge in [0.2, 0.25) is 5.91 Å². The molecule has 1 aromatic rings. The Balaban J connectivity index is 1.62. The lowest BCUT2D eigenvalue weighted by atomic mass is 10.1. The molecule has 1 heterocycles. The second-order valence-corrected chi connectivity index (χ2v) is 5.85. The lowest BCUT2D eigenvalue weighted by Crippen LogP contribution is -2.42. The molecule has 0 spiro atoms. The quantitative estimate of drug-likeness (QED) is 0.895. The van der Waals surface area contributed by atoms with Crippen LogP contribution in [-0.2, 0) is 9.59 Å². The molecule has 1 atom stereocenters. The number of amides is 2. The zero-order chi connectivity index (χ0) is 14.8. The highest BCUT2D eigenvalue weighted by molar-refractivity contribution is 6.00. The monoisotopic (exact) mass is 288 g/mol. The summed E-state index contributed by atoms with van der Waals surface area (Å²) in [6, 6.07) is 5.87. The molecule has 1 aliphatic heterocycles. The van der Waals surface area contributed by atoms with Crippen molar-refractivity contribution in [3.05, 3.63) is 23.8 Å². The van der Waals surface area contributed by atoms with Crippen LogP contribution in [0.25, 0.3) is 0 Å². The van der Waals surface area contributed by atoms with Gasteiger partial charge in [-0.1, -0.05) is 18.9 Å². The number of benzene rings is 1. The molecule has 0 unspecified atom stereocenters. The Morgan fingerprint density at radius 3 is 2.90 bits per heavy atom. The molecule has 0 aromatic heterocycles. The first-order chi connectivity index (χ1) is 10.1. The van der Waals surface area contributed by atoms with Gasteiger partial charge in [-0.05, 0) is 37.5 Å². The van der Waals surface area contributed by atoms with Gasteiger partial charge in [0.15, 0.2) is 6.10 Å². The van der Waals surface area contributed by atoms with Crippen molar-refractivity contribution in [3.8, 4) is 5.75 Å². The van der Waals surface area contributed by atoms with Gasteiger partial charge >= 0.3 is 0 Å². The van der Waals surface area contributed by atoms with E-state index < -0.39 is 6.10 Å². The molecule has 1 aliphatic carbocycles. The number of fused-ring (bicyclic) bond motifs is 1. The molecule has 0 saturated heterocycles. The molecule has 5 nitrogen and oxygen atoms in total. The number of nitrogens with one attached hydrogen (secondary N) is 2. The van der Waals surface area contributed by atoms with Crippen molar-refractivity contribution in [2.24, 2.45) is 0 Å². The fourth-order valence-corrected chi connectivity index (χ4v) is 2.92. The van der Waals surface area contributed by atoms with E-state index >= 15 is 0 Å². The molecular weight excluding hydrogens is 268 g/mol. The Morgan fingerprint density at radius 1 is 1.38 bits per heavy atom. The number of hydrogen-bond acceptors (Lipinski definition) is 3. The van der Waals surface area contributed by atoms with E-state index in [9.17, 15) is 9.59 Å². The highest BCUT2D eigenvalue weighted by atomic mass is 16.5. The van der Waals surface area contributed by atoms with Crippen molar-refractivity contribution in [2.45, 2.75) is 51.2 Å². The third kappa shape index (κ3) is 3.17. The number of hydrogen-bond donors (Lipinski definition) is 2. The average molecular weight is 288 g/mol. The van der Waals surface area contributed by atoms with Crippen molar-refractivity contribution < 1.29 is 14.3 Å². The molecule has 5 heteroatoms. The van der Waals surface area contributed by atoms with Crippen LogP contribution < -0.4 is 15.4 Å². The summed E-state index contributed by atoms with van der Waals surface area (Å²) in [6.07, 6.45) is 3.71. The zero-order valence-corrected chi connectivity index (χ0v) is 12.1. The fourth-order valence-electron chi connectivity index (χ4n) is 2.92. The number of anilines is 1. The van der Waals surface area contributed by atoms with E-state index in [0.717, 1.165) is 31.2 Å². The molecule has 0 radical (unpaired) electrons. The van der Waals surface area contributed by atoms with Gasteiger partial charge in [0.05, 0.1) is 12.1 Å². The van der Waals surface area contributed by atoms with Crippen molar-refractivity contribution >= 4 is 17.5 Å². The molecule has 1 aromatic carbocycles. The van der Waals surface area contributed by atoms with Gasteiger partial charge in [0.1, 0.15) is 5.75 Å². The molecule has 1 saturated carbocycles. The summed E-state index contributed by atoms with van der Waals surface area (Å²) in [7, 11) is 0. The van der Waals surface area contributed by atoms with E-state index in [1.165, 1.54) is 0 Å². The van der Waals surface area contributed by atoms with Gasteiger partial charge in [-0.25, -0.2) is 0 Å². The number of carbonyl (C=O) groups excluding carboxylic acids is 2. The molecule has 2 aliphatic rings. The standard InChI is InChI=1S/C16H20N2O3/c1-10-6-7-13-12(8-10)18-16(20)14(21-13)9-15(19)17-11-4-2-3-5-11/h6-8,11,14H,2-5,9H2,1H3,(H,17,19)(H,18,20)/t14-/m1/s1. The number of rotatable bonds is 3. The molecule has 112 valence electrons. The fraction of sp³-hybridized carbons (Fsp3) is 0.500. The van der Waals surface area contributed by atoms with E-state index in [1.54, 1.807) is 0 Å².